The van der Waals surface area contributed by atoms with E-state index < -0.39 is 28.4 Å². The Balaban J connectivity index is 1.67. The van der Waals surface area contributed by atoms with Crippen molar-refractivity contribution in [3.8, 4) is 0 Å². The van der Waals surface area contributed by atoms with Gasteiger partial charge in [-0.05, 0) is 62.2 Å². The Hall–Kier alpha value is -3.43. The van der Waals surface area contributed by atoms with Gasteiger partial charge in [0.25, 0.3) is 0 Å². The number of sulfonamides is 1. The van der Waals surface area contributed by atoms with Crippen molar-refractivity contribution in [3.05, 3.63) is 83.3 Å². The van der Waals surface area contributed by atoms with Gasteiger partial charge in [-0.25, -0.2) is 8.42 Å². The molecule has 0 fully saturated rings. The van der Waals surface area contributed by atoms with Crippen LogP contribution in [0.3, 0.4) is 0 Å². The average Bonchev–Trinajstić information content (AvgIpc) is 3.28. The maximum absolute atomic E-state index is 13.2. The smallest absolute Gasteiger partial charge is 0.243 e. The largest absolute Gasteiger partial charge is 0.468 e. The molecule has 0 atom stereocenters. The molecule has 8 nitrogen and oxygen atoms in total. The van der Waals surface area contributed by atoms with Gasteiger partial charge in [0.05, 0.1) is 30.8 Å². The molecular formula is C24H27N3O5S. The van der Waals surface area contributed by atoms with Crippen LogP contribution < -0.4 is 10.6 Å². The molecular weight excluding hydrogens is 442 g/mol. The summed E-state index contributed by atoms with van der Waals surface area (Å²) in [6.07, 6.45) is 1.43. The molecule has 2 amide bonds. The third-order valence-electron chi connectivity index (χ3n) is 5.22. The molecule has 1 aromatic heterocycles. The molecule has 33 heavy (non-hydrogen) atoms. The Kier molecular flexibility index (Phi) is 7.67. The summed E-state index contributed by atoms with van der Waals surface area (Å²) >= 11 is 0. The van der Waals surface area contributed by atoms with Crippen LogP contribution in [0, 0.1) is 20.8 Å². The molecule has 174 valence electrons. The van der Waals surface area contributed by atoms with Crippen molar-refractivity contribution in [3.63, 3.8) is 0 Å². The highest BCUT2D eigenvalue weighted by molar-refractivity contribution is 7.89. The fourth-order valence-corrected chi connectivity index (χ4v) is 4.50. The lowest BCUT2D eigenvalue weighted by Gasteiger charge is -2.21. The van der Waals surface area contributed by atoms with Crippen molar-refractivity contribution < 1.29 is 22.4 Å². The third-order valence-corrected chi connectivity index (χ3v) is 7.02. The molecule has 0 spiro atoms. The maximum atomic E-state index is 13.2. The minimum Gasteiger partial charge on any atom is -0.468 e. The predicted molar refractivity (Wildman–Crippen MR) is 125 cm³/mol. The van der Waals surface area contributed by atoms with Gasteiger partial charge < -0.3 is 15.1 Å². The quantitative estimate of drug-likeness (QED) is 0.500. The third kappa shape index (κ3) is 6.30. The van der Waals surface area contributed by atoms with Gasteiger partial charge in [-0.15, -0.1) is 0 Å². The summed E-state index contributed by atoms with van der Waals surface area (Å²) in [6, 6.07) is 15.2. The number of nitrogens with zero attached hydrogens (tertiary/aromatic N) is 1. The van der Waals surface area contributed by atoms with Crippen molar-refractivity contribution >= 4 is 27.5 Å². The van der Waals surface area contributed by atoms with Crippen LogP contribution in [0.5, 0.6) is 0 Å². The van der Waals surface area contributed by atoms with Crippen molar-refractivity contribution in [1.82, 2.24) is 9.62 Å². The van der Waals surface area contributed by atoms with E-state index in [-0.39, 0.29) is 18.0 Å². The van der Waals surface area contributed by atoms with Gasteiger partial charge in [-0.1, -0.05) is 29.8 Å². The second-order valence-electron chi connectivity index (χ2n) is 7.74. The van der Waals surface area contributed by atoms with Crippen LogP contribution in [0.15, 0.2) is 70.2 Å². The molecule has 3 rings (SSSR count). The number of carbonyl (C=O) groups excluding carboxylic acids is 2. The Bertz CT molecular complexity index is 1220. The van der Waals surface area contributed by atoms with E-state index in [1.165, 1.54) is 18.4 Å². The van der Waals surface area contributed by atoms with Gasteiger partial charge >= 0.3 is 0 Å². The van der Waals surface area contributed by atoms with Crippen LogP contribution in [0.4, 0.5) is 5.69 Å². The van der Waals surface area contributed by atoms with E-state index in [4.69, 9.17) is 4.42 Å². The zero-order valence-electron chi connectivity index (χ0n) is 18.8. The first-order valence-electron chi connectivity index (χ1n) is 10.4. The SMILES string of the molecule is Cc1ccc(S(=O)(=O)N(CC(=O)NCC(=O)Nc2cccc(C)c2C)Cc2ccco2)cc1. The molecule has 0 radical (unpaired) electrons. The first-order valence-corrected chi connectivity index (χ1v) is 11.8. The summed E-state index contributed by atoms with van der Waals surface area (Å²) in [5, 5.41) is 5.25. The fraction of sp³-hybridized carbons (Fsp3) is 0.250. The molecule has 9 heteroatoms. The number of hydrogen-bond acceptors (Lipinski definition) is 5. The summed E-state index contributed by atoms with van der Waals surface area (Å²) in [4.78, 5) is 24.9. The van der Waals surface area contributed by atoms with Crippen LogP contribution in [-0.4, -0.2) is 37.6 Å². The van der Waals surface area contributed by atoms with E-state index in [9.17, 15) is 18.0 Å². The number of rotatable bonds is 9. The second-order valence-corrected chi connectivity index (χ2v) is 9.68. The second kappa shape index (κ2) is 10.5. The molecule has 3 aromatic rings. The zero-order valence-corrected chi connectivity index (χ0v) is 19.6. The first-order chi connectivity index (χ1) is 15.7. The summed E-state index contributed by atoms with van der Waals surface area (Å²) < 4.78 is 32.7. The molecule has 0 aliphatic rings. The van der Waals surface area contributed by atoms with Gasteiger partial charge in [0, 0.05) is 5.69 Å². The molecule has 2 N–H and O–H groups in total. The molecule has 0 unspecified atom stereocenters. The molecule has 0 aliphatic carbocycles. The minimum absolute atomic E-state index is 0.0696. The van der Waals surface area contributed by atoms with E-state index >= 15 is 0 Å². The van der Waals surface area contributed by atoms with Crippen LogP contribution >= 0.6 is 0 Å². The number of amides is 2. The van der Waals surface area contributed by atoms with E-state index in [1.807, 2.05) is 32.9 Å². The number of anilines is 1. The van der Waals surface area contributed by atoms with Gasteiger partial charge in [0.15, 0.2) is 0 Å². The van der Waals surface area contributed by atoms with Crippen LogP contribution in [-0.2, 0) is 26.2 Å². The van der Waals surface area contributed by atoms with E-state index in [2.05, 4.69) is 10.6 Å². The summed E-state index contributed by atoms with van der Waals surface area (Å²) in [7, 11) is -3.97. The van der Waals surface area contributed by atoms with Gasteiger partial charge in [0.1, 0.15) is 5.76 Å². The lowest BCUT2D eigenvalue weighted by atomic mass is 10.1. The normalized spacial score (nSPS) is 11.4. The van der Waals surface area contributed by atoms with Crippen LogP contribution in [0.1, 0.15) is 22.5 Å². The number of benzene rings is 2. The zero-order chi connectivity index (χ0) is 24.0. The lowest BCUT2D eigenvalue weighted by molar-refractivity contribution is -0.124. The number of nitrogens with one attached hydrogen (secondary N) is 2. The van der Waals surface area contributed by atoms with Crippen molar-refractivity contribution in [2.45, 2.75) is 32.2 Å². The first kappa shape index (κ1) is 24.2. The van der Waals surface area contributed by atoms with Gasteiger partial charge in [-0.3, -0.25) is 9.59 Å². The van der Waals surface area contributed by atoms with Crippen LogP contribution in [0.2, 0.25) is 0 Å². The summed E-state index contributed by atoms with van der Waals surface area (Å²) in [5.41, 5.74) is 3.55. The summed E-state index contributed by atoms with van der Waals surface area (Å²) in [6.45, 7) is 4.82. The van der Waals surface area contributed by atoms with Gasteiger partial charge in [-0.2, -0.15) is 4.31 Å². The molecule has 0 aliphatic heterocycles. The molecule has 0 bridgehead atoms. The van der Waals surface area contributed by atoms with E-state index in [0.717, 1.165) is 21.0 Å². The Morgan fingerprint density at radius 3 is 2.33 bits per heavy atom. The Labute approximate surface area is 193 Å². The highest BCUT2D eigenvalue weighted by Crippen LogP contribution is 2.20. The molecule has 0 saturated carbocycles. The van der Waals surface area contributed by atoms with Crippen molar-refractivity contribution in [2.24, 2.45) is 0 Å². The van der Waals surface area contributed by atoms with Crippen LogP contribution in [0.25, 0.3) is 0 Å². The number of hydrogen-bond donors (Lipinski definition) is 2. The minimum atomic E-state index is -3.97. The number of furan rings is 1. The molecule has 1 heterocycles. The number of carbonyl (C=O) groups is 2. The molecule has 2 aromatic carbocycles. The van der Waals surface area contributed by atoms with Gasteiger partial charge in [0.2, 0.25) is 21.8 Å². The summed E-state index contributed by atoms with van der Waals surface area (Å²) in [5.74, 6) is -0.615. The Morgan fingerprint density at radius 1 is 0.939 bits per heavy atom. The maximum Gasteiger partial charge on any atom is 0.243 e. The number of aryl methyl sites for hydroxylation is 2. The molecule has 0 saturated heterocycles. The highest BCUT2D eigenvalue weighted by Gasteiger charge is 2.28. The standard InChI is InChI=1S/C24H27N3O5S/c1-17-9-11-21(12-10-17)33(30,31)27(15-20-7-5-13-32-20)16-24(29)25-14-23(28)26-22-8-4-6-18(2)19(22)3/h4-13H,14-16H2,1-3H3,(H,25,29)(H,26,28). The van der Waals surface area contributed by atoms with E-state index in [1.54, 1.807) is 30.3 Å². The Morgan fingerprint density at radius 2 is 1.67 bits per heavy atom. The fourth-order valence-electron chi connectivity index (χ4n) is 3.14. The topological polar surface area (TPSA) is 109 Å². The van der Waals surface area contributed by atoms with Crippen molar-refractivity contribution in [1.29, 1.82) is 0 Å². The highest BCUT2D eigenvalue weighted by atomic mass is 32.2. The lowest BCUT2D eigenvalue weighted by Crippen LogP contribution is -2.42. The average molecular weight is 470 g/mol. The van der Waals surface area contributed by atoms with Crippen molar-refractivity contribution in [2.75, 3.05) is 18.4 Å². The van der Waals surface area contributed by atoms with E-state index in [0.29, 0.717) is 11.4 Å². The predicted octanol–water partition coefficient (Wildman–Crippen LogP) is 3.15. The monoisotopic (exact) mass is 469 g/mol.